The van der Waals surface area contributed by atoms with Crippen molar-refractivity contribution in [1.29, 1.82) is 0 Å². The molecule has 0 aliphatic carbocycles. The van der Waals surface area contributed by atoms with Crippen LogP contribution in [0, 0.1) is 0 Å². The van der Waals surface area contributed by atoms with Gasteiger partial charge in [-0.3, -0.25) is 4.98 Å². The van der Waals surface area contributed by atoms with E-state index < -0.39 is 17.5 Å². The molecule has 2 aromatic rings. The topological polar surface area (TPSA) is 33.1 Å². The molecule has 78 valence electrons. The summed E-state index contributed by atoms with van der Waals surface area (Å²) in [5, 5.41) is 9.53. The van der Waals surface area contributed by atoms with E-state index >= 15 is 0 Å². The summed E-state index contributed by atoms with van der Waals surface area (Å²) in [6.07, 6.45) is -3.09. The minimum absolute atomic E-state index is 0.336. The Morgan fingerprint density at radius 1 is 1.20 bits per heavy atom. The van der Waals surface area contributed by atoms with Crippen LogP contribution in [0.4, 0.5) is 13.2 Å². The molecule has 1 aromatic heterocycles. The summed E-state index contributed by atoms with van der Waals surface area (Å²) < 4.78 is 37.2. The van der Waals surface area contributed by atoms with Crippen LogP contribution in [-0.4, -0.2) is 10.1 Å². The molecule has 5 heteroatoms. The molecule has 2 rings (SSSR count). The number of pyridine rings is 1. The van der Waals surface area contributed by atoms with E-state index in [9.17, 15) is 18.3 Å². The lowest BCUT2D eigenvalue weighted by Crippen LogP contribution is -2.05. The van der Waals surface area contributed by atoms with Crippen molar-refractivity contribution in [3.8, 4) is 5.75 Å². The zero-order valence-electron chi connectivity index (χ0n) is 7.42. The number of hydrogen-bond donors (Lipinski definition) is 1. The monoisotopic (exact) mass is 213 g/mol. The van der Waals surface area contributed by atoms with Gasteiger partial charge in [0.25, 0.3) is 0 Å². The van der Waals surface area contributed by atoms with Gasteiger partial charge in [0.2, 0.25) is 0 Å². The molecule has 0 unspecified atom stereocenters. The number of halogens is 3. The van der Waals surface area contributed by atoms with Crippen molar-refractivity contribution in [3.05, 3.63) is 36.0 Å². The second-order valence-electron chi connectivity index (χ2n) is 3.06. The SMILES string of the molecule is Oc1cc2ncccc2cc1C(F)(F)F. The third-order valence-electron chi connectivity index (χ3n) is 2.03. The number of fused-ring (bicyclic) bond motifs is 1. The Labute approximate surface area is 83.0 Å². The van der Waals surface area contributed by atoms with Crippen LogP contribution in [0.3, 0.4) is 0 Å². The highest BCUT2D eigenvalue weighted by atomic mass is 19.4. The van der Waals surface area contributed by atoms with Gasteiger partial charge in [-0.1, -0.05) is 6.07 Å². The molecule has 1 N–H and O–H groups in total. The summed E-state index contributed by atoms with van der Waals surface area (Å²) in [5.41, 5.74) is -0.703. The predicted octanol–water partition coefficient (Wildman–Crippen LogP) is 2.96. The number of hydrogen-bond acceptors (Lipinski definition) is 2. The fourth-order valence-corrected chi connectivity index (χ4v) is 1.34. The van der Waals surface area contributed by atoms with Gasteiger partial charge in [-0.05, 0) is 12.1 Å². The first-order valence-corrected chi connectivity index (χ1v) is 4.13. The second kappa shape index (κ2) is 3.12. The average Bonchev–Trinajstić information content (AvgIpc) is 2.15. The maximum absolute atomic E-state index is 12.4. The van der Waals surface area contributed by atoms with Crippen LogP contribution < -0.4 is 0 Å². The lowest BCUT2D eigenvalue weighted by Gasteiger charge is -2.09. The first kappa shape index (κ1) is 9.76. The summed E-state index contributed by atoms with van der Waals surface area (Å²) >= 11 is 0. The largest absolute Gasteiger partial charge is 0.507 e. The highest BCUT2D eigenvalue weighted by Gasteiger charge is 2.34. The molecule has 2 nitrogen and oxygen atoms in total. The smallest absolute Gasteiger partial charge is 0.419 e. The van der Waals surface area contributed by atoms with Gasteiger partial charge in [0.1, 0.15) is 5.75 Å². The first-order chi connectivity index (χ1) is 6.98. The van der Waals surface area contributed by atoms with E-state index in [2.05, 4.69) is 4.98 Å². The fraction of sp³-hybridized carbons (Fsp3) is 0.100. The van der Waals surface area contributed by atoms with Gasteiger partial charge in [0.05, 0.1) is 11.1 Å². The lowest BCUT2D eigenvalue weighted by molar-refractivity contribution is -0.138. The van der Waals surface area contributed by atoms with Crippen LogP contribution in [0.15, 0.2) is 30.5 Å². The first-order valence-electron chi connectivity index (χ1n) is 4.13. The van der Waals surface area contributed by atoms with Gasteiger partial charge >= 0.3 is 6.18 Å². The number of alkyl halides is 3. The van der Waals surface area contributed by atoms with Crippen molar-refractivity contribution in [2.45, 2.75) is 6.18 Å². The minimum Gasteiger partial charge on any atom is -0.507 e. The molecule has 0 spiro atoms. The van der Waals surface area contributed by atoms with Crippen LogP contribution in [-0.2, 0) is 6.18 Å². The van der Waals surface area contributed by atoms with E-state index in [1.54, 1.807) is 6.07 Å². The van der Waals surface area contributed by atoms with Gasteiger partial charge in [-0.2, -0.15) is 13.2 Å². The van der Waals surface area contributed by atoms with Gasteiger partial charge in [-0.25, -0.2) is 0 Å². The van der Waals surface area contributed by atoms with Crippen LogP contribution in [0.5, 0.6) is 5.75 Å². The summed E-state index contributed by atoms with van der Waals surface area (Å²) in [7, 11) is 0. The van der Waals surface area contributed by atoms with Gasteiger partial charge in [0.15, 0.2) is 0 Å². The molecule has 0 aliphatic rings. The molecule has 1 heterocycles. The number of nitrogens with zero attached hydrogens (tertiary/aromatic N) is 1. The number of benzene rings is 1. The molecule has 0 atom stereocenters. The van der Waals surface area contributed by atoms with Crippen molar-refractivity contribution in [1.82, 2.24) is 4.98 Å². The molecular formula is C10H6F3NO. The molecule has 0 fully saturated rings. The van der Waals surface area contributed by atoms with Crippen LogP contribution in [0.2, 0.25) is 0 Å². The summed E-state index contributed by atoms with van der Waals surface area (Å²) in [6.45, 7) is 0. The molecular weight excluding hydrogens is 207 g/mol. The van der Waals surface area contributed by atoms with E-state index in [1.807, 2.05) is 0 Å². The normalized spacial score (nSPS) is 11.9. The van der Waals surface area contributed by atoms with Crippen molar-refractivity contribution in [3.63, 3.8) is 0 Å². The molecule has 0 saturated heterocycles. The maximum Gasteiger partial charge on any atom is 0.419 e. The molecule has 0 saturated carbocycles. The Bertz CT molecular complexity index is 507. The van der Waals surface area contributed by atoms with Crippen LogP contribution in [0.1, 0.15) is 5.56 Å². The highest BCUT2D eigenvalue weighted by molar-refractivity contribution is 5.81. The Hall–Kier alpha value is -1.78. The number of rotatable bonds is 0. The van der Waals surface area contributed by atoms with Crippen molar-refractivity contribution < 1.29 is 18.3 Å². The highest BCUT2D eigenvalue weighted by Crippen LogP contribution is 2.37. The molecule has 0 radical (unpaired) electrons. The number of aromatic hydroxyl groups is 1. The predicted molar refractivity (Wildman–Crippen MR) is 48.4 cm³/mol. The molecule has 15 heavy (non-hydrogen) atoms. The van der Waals surface area contributed by atoms with Crippen LogP contribution >= 0.6 is 0 Å². The summed E-state index contributed by atoms with van der Waals surface area (Å²) in [5.74, 6) is -0.798. The minimum atomic E-state index is -4.55. The van der Waals surface area contributed by atoms with Crippen molar-refractivity contribution in [2.24, 2.45) is 0 Å². The molecule has 1 aromatic carbocycles. The lowest BCUT2D eigenvalue weighted by atomic mass is 10.1. The zero-order valence-corrected chi connectivity index (χ0v) is 7.42. The molecule has 0 amide bonds. The van der Waals surface area contributed by atoms with Crippen molar-refractivity contribution in [2.75, 3.05) is 0 Å². The van der Waals surface area contributed by atoms with E-state index in [-0.39, 0.29) is 0 Å². The number of aromatic nitrogens is 1. The number of phenolic OH excluding ortho intramolecular Hbond substituents is 1. The maximum atomic E-state index is 12.4. The zero-order chi connectivity index (χ0) is 11.1. The molecule has 0 aliphatic heterocycles. The number of phenols is 1. The summed E-state index contributed by atoms with van der Waals surface area (Å²) in [6, 6.07) is 4.95. The molecule has 0 bridgehead atoms. The standard InChI is InChI=1S/C10H6F3NO/c11-10(12,13)7-4-6-2-1-3-14-8(6)5-9(7)15/h1-5,15H. The Morgan fingerprint density at radius 2 is 1.93 bits per heavy atom. The van der Waals surface area contributed by atoms with Crippen molar-refractivity contribution >= 4 is 10.9 Å². The average molecular weight is 213 g/mol. The third kappa shape index (κ3) is 1.72. The second-order valence-corrected chi connectivity index (χ2v) is 3.06. The van der Waals surface area contributed by atoms with Gasteiger partial charge in [0, 0.05) is 17.6 Å². The van der Waals surface area contributed by atoms with E-state index in [0.29, 0.717) is 10.9 Å². The van der Waals surface area contributed by atoms with Gasteiger partial charge < -0.3 is 5.11 Å². The van der Waals surface area contributed by atoms with Gasteiger partial charge in [-0.15, -0.1) is 0 Å². The van der Waals surface area contributed by atoms with E-state index in [4.69, 9.17) is 0 Å². The Kier molecular flexibility index (Phi) is 2.03. The summed E-state index contributed by atoms with van der Waals surface area (Å²) in [4.78, 5) is 3.84. The quantitative estimate of drug-likeness (QED) is 0.729. The Balaban J connectivity index is 2.73. The Morgan fingerprint density at radius 3 is 2.60 bits per heavy atom. The van der Waals surface area contributed by atoms with Crippen LogP contribution in [0.25, 0.3) is 10.9 Å². The van der Waals surface area contributed by atoms with E-state index in [0.717, 1.165) is 12.1 Å². The third-order valence-corrected chi connectivity index (χ3v) is 2.03. The van der Waals surface area contributed by atoms with E-state index in [1.165, 1.54) is 12.3 Å². The fourth-order valence-electron chi connectivity index (χ4n) is 1.34.